The van der Waals surface area contributed by atoms with Crippen molar-refractivity contribution in [1.82, 2.24) is 4.57 Å². The summed E-state index contributed by atoms with van der Waals surface area (Å²) in [6, 6.07) is 1.70. The Morgan fingerprint density at radius 3 is 2.50 bits per heavy atom. The maximum Gasteiger partial charge on any atom is 0.379 e. The van der Waals surface area contributed by atoms with Crippen molar-refractivity contribution >= 4 is 5.97 Å². The smallest absolute Gasteiger partial charge is 0.379 e. The molecule has 0 amide bonds. The van der Waals surface area contributed by atoms with Crippen LogP contribution in [0.25, 0.3) is 0 Å². The minimum atomic E-state index is -3.97. The molecule has 1 heterocycles. The molecule has 0 aliphatic rings. The Hall–Kier alpha value is -1.72. The summed E-state index contributed by atoms with van der Waals surface area (Å²) in [5.41, 5.74) is -1.19. The van der Waals surface area contributed by atoms with Crippen molar-refractivity contribution in [3.8, 4) is 0 Å². The molecule has 0 saturated carbocycles. The van der Waals surface area contributed by atoms with Gasteiger partial charge in [-0.25, -0.2) is 4.79 Å². The summed E-state index contributed by atoms with van der Waals surface area (Å²) in [6.45, 7) is 0. The van der Waals surface area contributed by atoms with Crippen molar-refractivity contribution in [3.63, 3.8) is 0 Å². The SMILES string of the molecule is Cn1cc(C(F)(F)C(=O)O)ccc1=O. The lowest BCUT2D eigenvalue weighted by Gasteiger charge is -2.11. The van der Waals surface area contributed by atoms with Crippen molar-refractivity contribution in [3.05, 3.63) is 34.2 Å². The quantitative estimate of drug-likeness (QED) is 0.764. The lowest BCUT2D eigenvalue weighted by Crippen LogP contribution is -2.27. The topological polar surface area (TPSA) is 59.3 Å². The Morgan fingerprint density at radius 2 is 2.07 bits per heavy atom. The molecule has 0 aromatic carbocycles. The number of aliphatic carboxylic acids is 1. The van der Waals surface area contributed by atoms with Crippen LogP contribution in [0.3, 0.4) is 0 Å². The van der Waals surface area contributed by atoms with Gasteiger partial charge >= 0.3 is 11.9 Å². The normalized spacial score (nSPS) is 11.4. The molecule has 0 spiro atoms. The van der Waals surface area contributed by atoms with Crippen molar-refractivity contribution < 1.29 is 18.7 Å². The van der Waals surface area contributed by atoms with Gasteiger partial charge in [-0.2, -0.15) is 8.78 Å². The van der Waals surface area contributed by atoms with Gasteiger partial charge in [-0.3, -0.25) is 4.79 Å². The predicted octanol–water partition coefficient (Wildman–Crippen LogP) is 0.562. The Labute approximate surface area is 77.4 Å². The van der Waals surface area contributed by atoms with Gasteiger partial charge in [-0.15, -0.1) is 0 Å². The highest BCUT2D eigenvalue weighted by Gasteiger charge is 2.41. The van der Waals surface area contributed by atoms with E-state index in [4.69, 9.17) is 5.11 Å². The van der Waals surface area contributed by atoms with Crippen LogP contribution in [-0.4, -0.2) is 15.6 Å². The molecule has 1 aromatic heterocycles. The summed E-state index contributed by atoms with van der Waals surface area (Å²) >= 11 is 0. The first-order valence-corrected chi connectivity index (χ1v) is 3.64. The first-order valence-electron chi connectivity index (χ1n) is 3.64. The summed E-state index contributed by atoms with van der Waals surface area (Å²) in [7, 11) is 1.27. The third-order valence-corrected chi connectivity index (χ3v) is 1.72. The van der Waals surface area contributed by atoms with E-state index in [-0.39, 0.29) is 0 Å². The van der Waals surface area contributed by atoms with Gasteiger partial charge in [0, 0.05) is 24.9 Å². The Bertz CT molecular complexity index is 425. The van der Waals surface area contributed by atoms with Crippen LogP contribution in [0.4, 0.5) is 8.78 Å². The molecule has 0 aliphatic heterocycles. The molecule has 1 N–H and O–H groups in total. The van der Waals surface area contributed by atoms with E-state index in [0.29, 0.717) is 0 Å². The average Bonchev–Trinajstić information content (AvgIpc) is 2.09. The molecule has 0 unspecified atom stereocenters. The number of pyridine rings is 1. The first kappa shape index (κ1) is 10.4. The van der Waals surface area contributed by atoms with Gasteiger partial charge in [0.1, 0.15) is 0 Å². The van der Waals surface area contributed by atoms with E-state index in [9.17, 15) is 18.4 Å². The van der Waals surface area contributed by atoms with Crippen molar-refractivity contribution in [2.45, 2.75) is 5.92 Å². The van der Waals surface area contributed by atoms with Gasteiger partial charge in [0.05, 0.1) is 0 Å². The minimum Gasteiger partial charge on any atom is -0.477 e. The van der Waals surface area contributed by atoms with Gasteiger partial charge < -0.3 is 9.67 Å². The van der Waals surface area contributed by atoms with E-state index >= 15 is 0 Å². The number of rotatable bonds is 2. The highest BCUT2D eigenvalue weighted by Crippen LogP contribution is 2.26. The molecule has 0 bridgehead atoms. The van der Waals surface area contributed by atoms with Gasteiger partial charge in [-0.05, 0) is 6.07 Å². The molecule has 0 aliphatic carbocycles. The number of carboxylic acids is 1. The average molecular weight is 203 g/mol. The number of hydrogen-bond donors (Lipinski definition) is 1. The van der Waals surface area contributed by atoms with Crippen LogP contribution in [0.2, 0.25) is 0 Å². The second-order valence-electron chi connectivity index (χ2n) is 2.75. The molecular weight excluding hydrogens is 196 g/mol. The fourth-order valence-corrected chi connectivity index (χ4v) is 0.903. The number of alkyl halides is 2. The van der Waals surface area contributed by atoms with E-state index in [1.807, 2.05) is 0 Å². The summed E-state index contributed by atoms with van der Waals surface area (Å²) in [5, 5.41) is 8.22. The Balaban J connectivity index is 3.27. The molecule has 0 radical (unpaired) electrons. The molecule has 6 heteroatoms. The monoisotopic (exact) mass is 203 g/mol. The molecule has 0 saturated heterocycles. The number of carbonyl (C=O) groups is 1. The van der Waals surface area contributed by atoms with E-state index < -0.39 is 23.0 Å². The van der Waals surface area contributed by atoms with Crippen LogP contribution in [0, 0.1) is 0 Å². The van der Waals surface area contributed by atoms with Crippen LogP contribution >= 0.6 is 0 Å². The Kier molecular flexibility index (Phi) is 2.37. The molecule has 1 aromatic rings. The van der Waals surface area contributed by atoms with Crippen molar-refractivity contribution in [2.75, 3.05) is 0 Å². The summed E-state index contributed by atoms with van der Waals surface area (Å²) in [5.74, 6) is -6.21. The number of halogens is 2. The lowest BCUT2D eigenvalue weighted by atomic mass is 10.1. The minimum absolute atomic E-state index is 0.477. The molecular formula is C8H7F2NO3. The number of nitrogens with zero attached hydrogens (tertiary/aromatic N) is 1. The lowest BCUT2D eigenvalue weighted by molar-refractivity contribution is -0.166. The molecule has 4 nitrogen and oxygen atoms in total. The third kappa shape index (κ3) is 1.63. The maximum absolute atomic E-state index is 12.9. The standard InChI is InChI=1S/C8H7F2NO3/c1-11-4-5(2-3-6(11)12)8(9,10)7(13)14/h2-4H,1H3,(H,13,14). The van der Waals surface area contributed by atoms with Crippen LogP contribution in [0.5, 0.6) is 0 Å². The van der Waals surface area contributed by atoms with E-state index in [2.05, 4.69) is 0 Å². The van der Waals surface area contributed by atoms with Gasteiger partial charge in [-0.1, -0.05) is 0 Å². The number of aryl methyl sites for hydroxylation is 1. The number of aromatic nitrogens is 1. The molecule has 1 rings (SSSR count). The van der Waals surface area contributed by atoms with Crippen LogP contribution in [0.15, 0.2) is 23.1 Å². The second kappa shape index (κ2) is 3.21. The van der Waals surface area contributed by atoms with E-state index in [0.717, 1.165) is 22.9 Å². The third-order valence-electron chi connectivity index (χ3n) is 1.72. The zero-order chi connectivity index (χ0) is 10.9. The highest BCUT2D eigenvalue weighted by atomic mass is 19.3. The van der Waals surface area contributed by atoms with Crippen molar-refractivity contribution in [1.29, 1.82) is 0 Å². The molecule has 0 fully saturated rings. The predicted molar refractivity (Wildman–Crippen MR) is 43.2 cm³/mol. The number of carboxylic acid groups (broad SMARTS) is 1. The van der Waals surface area contributed by atoms with E-state index in [1.165, 1.54) is 7.05 Å². The van der Waals surface area contributed by atoms with Crippen LogP contribution in [0.1, 0.15) is 5.56 Å². The molecule has 14 heavy (non-hydrogen) atoms. The maximum atomic E-state index is 12.9. The fraction of sp³-hybridized carbons (Fsp3) is 0.250. The molecule has 76 valence electrons. The van der Waals surface area contributed by atoms with Gasteiger partial charge in [0.15, 0.2) is 0 Å². The summed E-state index contributed by atoms with van der Waals surface area (Å²) in [4.78, 5) is 21.0. The van der Waals surface area contributed by atoms with Crippen molar-refractivity contribution in [2.24, 2.45) is 7.05 Å². The van der Waals surface area contributed by atoms with E-state index in [1.54, 1.807) is 0 Å². The first-order chi connectivity index (χ1) is 6.35. The molecule has 0 atom stereocenters. The van der Waals surface area contributed by atoms with Crippen LogP contribution in [-0.2, 0) is 17.8 Å². The zero-order valence-corrected chi connectivity index (χ0v) is 7.20. The summed E-state index contributed by atoms with van der Waals surface area (Å²) in [6.07, 6.45) is 0.802. The highest BCUT2D eigenvalue weighted by molar-refractivity contribution is 5.77. The van der Waals surface area contributed by atoms with Gasteiger partial charge in [0.2, 0.25) is 5.56 Å². The largest absolute Gasteiger partial charge is 0.477 e. The van der Waals surface area contributed by atoms with Crippen LogP contribution < -0.4 is 5.56 Å². The Morgan fingerprint density at radius 1 is 1.50 bits per heavy atom. The number of hydrogen-bond acceptors (Lipinski definition) is 2. The summed E-state index contributed by atoms with van der Waals surface area (Å²) < 4.78 is 26.6. The fourth-order valence-electron chi connectivity index (χ4n) is 0.903. The zero-order valence-electron chi connectivity index (χ0n) is 7.20. The van der Waals surface area contributed by atoms with Gasteiger partial charge in [0.25, 0.3) is 0 Å². The second-order valence-corrected chi connectivity index (χ2v) is 2.75.